The summed E-state index contributed by atoms with van der Waals surface area (Å²) >= 11 is 0. The lowest BCUT2D eigenvalue weighted by molar-refractivity contribution is 0.0711. The van der Waals surface area contributed by atoms with Gasteiger partial charge in [-0.05, 0) is 49.0 Å². The summed E-state index contributed by atoms with van der Waals surface area (Å²) in [5.41, 5.74) is 2.40. The molecule has 1 aromatic heterocycles. The van der Waals surface area contributed by atoms with Crippen molar-refractivity contribution < 1.29 is 13.9 Å². The third-order valence-corrected chi connectivity index (χ3v) is 5.60. The Morgan fingerprint density at radius 3 is 2.32 bits per heavy atom. The average molecular weight is 420 g/mol. The Labute approximate surface area is 183 Å². The van der Waals surface area contributed by atoms with E-state index in [1.54, 1.807) is 13.2 Å². The minimum Gasteiger partial charge on any atom is -0.497 e. The number of piperazine rings is 1. The Bertz CT molecular complexity index is 977. The van der Waals surface area contributed by atoms with Gasteiger partial charge in [0.25, 0.3) is 5.91 Å². The molecule has 1 fully saturated rings. The van der Waals surface area contributed by atoms with Crippen LogP contribution in [0.1, 0.15) is 21.9 Å². The molecule has 3 aromatic rings. The van der Waals surface area contributed by atoms with E-state index in [2.05, 4.69) is 41.1 Å². The SMILES string of the molecule is COc1ccc(N2CCN(C(=O)c3ccc(CN(C)Cc4ccccc4)o3)CC2)cc1. The Kier molecular flexibility index (Phi) is 6.57. The fourth-order valence-electron chi connectivity index (χ4n) is 3.91. The number of nitrogens with zero attached hydrogens (tertiary/aromatic N) is 3. The number of amides is 1. The van der Waals surface area contributed by atoms with Crippen LogP contribution in [-0.2, 0) is 13.1 Å². The zero-order chi connectivity index (χ0) is 21.6. The summed E-state index contributed by atoms with van der Waals surface area (Å²) in [6, 6.07) is 22.1. The van der Waals surface area contributed by atoms with Crippen LogP contribution in [0.2, 0.25) is 0 Å². The molecule has 31 heavy (non-hydrogen) atoms. The van der Waals surface area contributed by atoms with Crippen LogP contribution < -0.4 is 9.64 Å². The molecule has 2 heterocycles. The number of ether oxygens (including phenoxy) is 1. The van der Waals surface area contributed by atoms with Crippen LogP contribution in [0.15, 0.2) is 71.1 Å². The Morgan fingerprint density at radius 2 is 1.65 bits per heavy atom. The fourth-order valence-corrected chi connectivity index (χ4v) is 3.91. The second-order valence-corrected chi connectivity index (χ2v) is 7.90. The van der Waals surface area contributed by atoms with Gasteiger partial charge in [0.05, 0.1) is 13.7 Å². The van der Waals surface area contributed by atoms with Gasteiger partial charge in [0.15, 0.2) is 5.76 Å². The van der Waals surface area contributed by atoms with Crippen molar-refractivity contribution in [3.63, 3.8) is 0 Å². The monoisotopic (exact) mass is 419 g/mol. The van der Waals surface area contributed by atoms with Gasteiger partial charge in [-0.1, -0.05) is 30.3 Å². The van der Waals surface area contributed by atoms with Crippen LogP contribution in [0, 0.1) is 0 Å². The number of benzene rings is 2. The van der Waals surface area contributed by atoms with Crippen LogP contribution >= 0.6 is 0 Å². The van der Waals surface area contributed by atoms with E-state index in [1.807, 2.05) is 41.3 Å². The minimum absolute atomic E-state index is 0.0358. The highest BCUT2D eigenvalue weighted by molar-refractivity contribution is 5.91. The number of carbonyl (C=O) groups is 1. The zero-order valence-corrected chi connectivity index (χ0v) is 18.2. The van der Waals surface area contributed by atoms with Gasteiger partial charge in [0, 0.05) is 38.4 Å². The molecule has 0 aliphatic carbocycles. The zero-order valence-electron chi connectivity index (χ0n) is 18.2. The highest BCUT2D eigenvalue weighted by atomic mass is 16.5. The van der Waals surface area contributed by atoms with E-state index in [-0.39, 0.29) is 5.91 Å². The van der Waals surface area contributed by atoms with Crippen molar-refractivity contribution in [2.45, 2.75) is 13.1 Å². The van der Waals surface area contributed by atoms with Crippen LogP contribution in [-0.4, -0.2) is 56.0 Å². The molecule has 1 amide bonds. The van der Waals surface area contributed by atoms with Crippen molar-refractivity contribution >= 4 is 11.6 Å². The van der Waals surface area contributed by atoms with E-state index in [9.17, 15) is 4.79 Å². The van der Waals surface area contributed by atoms with Crippen LogP contribution in [0.25, 0.3) is 0 Å². The predicted octanol–water partition coefficient (Wildman–Crippen LogP) is 3.88. The number of hydrogen-bond acceptors (Lipinski definition) is 5. The summed E-state index contributed by atoms with van der Waals surface area (Å²) < 4.78 is 11.1. The molecular weight excluding hydrogens is 390 g/mol. The quantitative estimate of drug-likeness (QED) is 0.582. The first kappa shape index (κ1) is 21.0. The lowest BCUT2D eigenvalue weighted by Crippen LogP contribution is -2.48. The summed E-state index contributed by atoms with van der Waals surface area (Å²) in [7, 11) is 3.72. The molecule has 1 aliphatic rings. The number of anilines is 1. The van der Waals surface area contributed by atoms with Gasteiger partial charge in [-0.2, -0.15) is 0 Å². The van der Waals surface area contributed by atoms with Crippen molar-refractivity contribution in [1.29, 1.82) is 0 Å². The number of furan rings is 1. The first-order valence-electron chi connectivity index (χ1n) is 10.6. The molecule has 0 atom stereocenters. The molecule has 0 radical (unpaired) electrons. The number of methoxy groups -OCH3 is 1. The number of rotatable bonds is 7. The topological polar surface area (TPSA) is 49.2 Å². The van der Waals surface area contributed by atoms with Gasteiger partial charge >= 0.3 is 0 Å². The van der Waals surface area contributed by atoms with E-state index < -0.39 is 0 Å². The van der Waals surface area contributed by atoms with Crippen molar-refractivity contribution in [2.75, 3.05) is 45.2 Å². The van der Waals surface area contributed by atoms with E-state index in [1.165, 1.54) is 5.56 Å². The maximum atomic E-state index is 12.9. The molecule has 0 unspecified atom stereocenters. The molecule has 6 nitrogen and oxygen atoms in total. The van der Waals surface area contributed by atoms with E-state index in [4.69, 9.17) is 9.15 Å². The predicted molar refractivity (Wildman–Crippen MR) is 121 cm³/mol. The maximum Gasteiger partial charge on any atom is 0.289 e. The molecular formula is C25H29N3O3. The normalized spacial score (nSPS) is 14.2. The van der Waals surface area contributed by atoms with Gasteiger partial charge in [0.1, 0.15) is 11.5 Å². The molecule has 4 rings (SSSR count). The molecule has 0 bridgehead atoms. The fraction of sp³-hybridized carbons (Fsp3) is 0.320. The molecule has 0 spiro atoms. The average Bonchev–Trinajstić information content (AvgIpc) is 3.27. The van der Waals surface area contributed by atoms with Gasteiger partial charge in [-0.15, -0.1) is 0 Å². The second kappa shape index (κ2) is 9.71. The second-order valence-electron chi connectivity index (χ2n) is 7.90. The summed E-state index contributed by atoms with van der Waals surface area (Å²) in [6.45, 7) is 4.44. The molecule has 0 N–H and O–H groups in total. The van der Waals surface area contributed by atoms with Crippen LogP contribution in [0.5, 0.6) is 5.75 Å². The number of hydrogen-bond donors (Lipinski definition) is 0. The Balaban J connectivity index is 1.29. The summed E-state index contributed by atoms with van der Waals surface area (Å²) in [5, 5.41) is 0. The number of carbonyl (C=O) groups excluding carboxylic acids is 1. The first-order chi connectivity index (χ1) is 15.1. The maximum absolute atomic E-state index is 12.9. The van der Waals surface area contributed by atoms with Crippen LogP contribution in [0.3, 0.4) is 0 Å². The lowest BCUT2D eigenvalue weighted by Gasteiger charge is -2.35. The van der Waals surface area contributed by atoms with E-state index in [0.717, 1.165) is 36.8 Å². The van der Waals surface area contributed by atoms with Crippen molar-refractivity contribution in [2.24, 2.45) is 0 Å². The smallest absolute Gasteiger partial charge is 0.289 e. The third-order valence-electron chi connectivity index (χ3n) is 5.60. The largest absolute Gasteiger partial charge is 0.497 e. The van der Waals surface area contributed by atoms with Crippen molar-refractivity contribution in [1.82, 2.24) is 9.80 Å². The lowest BCUT2D eigenvalue weighted by atomic mass is 10.2. The van der Waals surface area contributed by atoms with Gasteiger partial charge in [0.2, 0.25) is 0 Å². The molecule has 1 aliphatic heterocycles. The molecule has 0 saturated carbocycles. The third kappa shape index (κ3) is 5.27. The van der Waals surface area contributed by atoms with Crippen molar-refractivity contribution in [3.8, 4) is 5.75 Å². The first-order valence-corrected chi connectivity index (χ1v) is 10.6. The summed E-state index contributed by atoms with van der Waals surface area (Å²) in [6.07, 6.45) is 0. The molecule has 2 aromatic carbocycles. The molecule has 1 saturated heterocycles. The molecule has 162 valence electrons. The summed E-state index contributed by atoms with van der Waals surface area (Å²) in [5.74, 6) is 2.03. The summed E-state index contributed by atoms with van der Waals surface area (Å²) in [4.78, 5) is 19.2. The van der Waals surface area contributed by atoms with E-state index in [0.29, 0.717) is 25.4 Å². The highest BCUT2D eigenvalue weighted by Gasteiger charge is 2.24. The van der Waals surface area contributed by atoms with Gasteiger partial charge in [-0.25, -0.2) is 0 Å². The van der Waals surface area contributed by atoms with Crippen molar-refractivity contribution in [3.05, 3.63) is 83.8 Å². The molecule has 6 heteroatoms. The van der Waals surface area contributed by atoms with Crippen LogP contribution in [0.4, 0.5) is 5.69 Å². The Morgan fingerprint density at radius 1 is 0.935 bits per heavy atom. The van der Waals surface area contributed by atoms with Gasteiger partial charge < -0.3 is 19.0 Å². The highest BCUT2D eigenvalue weighted by Crippen LogP contribution is 2.21. The standard InChI is InChI=1S/C25H29N3O3/c1-26(18-20-6-4-3-5-7-20)19-23-12-13-24(31-23)25(29)28-16-14-27(15-17-28)21-8-10-22(30-2)11-9-21/h3-13H,14-19H2,1-2H3. The van der Waals surface area contributed by atoms with Gasteiger partial charge in [-0.3, -0.25) is 9.69 Å². The Hall–Kier alpha value is -3.25. The minimum atomic E-state index is -0.0358. The van der Waals surface area contributed by atoms with E-state index >= 15 is 0 Å².